The number of carboxylic acid groups (broad SMARTS) is 1. The second-order valence-electron chi connectivity index (χ2n) is 5.40. The molecule has 0 radical (unpaired) electrons. The molecule has 1 saturated heterocycles. The monoisotopic (exact) mass is 372 g/mol. The molecule has 3 rings (SSSR count). The van der Waals surface area contributed by atoms with Gasteiger partial charge >= 0.3 is 29.6 Å². The van der Waals surface area contributed by atoms with E-state index in [0.717, 1.165) is 16.7 Å². The van der Waals surface area contributed by atoms with E-state index >= 15 is 0 Å². The number of hydrogen-bond acceptors (Lipinski definition) is 7. The minimum atomic E-state index is -1.54. The van der Waals surface area contributed by atoms with Crippen molar-refractivity contribution in [1.82, 2.24) is 4.90 Å². The number of aliphatic hydroxyl groups excluding tert-OH is 1. The number of primary amides is 1. The van der Waals surface area contributed by atoms with Crippen LogP contribution in [0.4, 0.5) is 0 Å². The largest absolute Gasteiger partial charge is 1.00 e. The first-order chi connectivity index (χ1) is 11.3. The molecule has 25 heavy (non-hydrogen) atoms. The zero-order valence-corrected chi connectivity index (χ0v) is 16.3. The number of nitrogens with zero attached hydrogens (tertiary/aromatic N) is 1. The Bertz CT molecular complexity index is 764. The summed E-state index contributed by atoms with van der Waals surface area (Å²) in [5, 5.41) is 20.5. The van der Waals surface area contributed by atoms with E-state index in [4.69, 9.17) is 10.5 Å². The van der Waals surface area contributed by atoms with Gasteiger partial charge in [0.25, 0.3) is 0 Å². The second-order valence-corrected chi connectivity index (χ2v) is 6.49. The molecule has 0 spiro atoms. The molecule has 8 nitrogen and oxygen atoms in total. The summed E-state index contributed by atoms with van der Waals surface area (Å²) >= 11 is 1.03. The number of carbonyl (C=O) groups excluding carboxylic acids is 3. The molecule has 1 aromatic carbocycles. The molecule has 1 fully saturated rings. The first-order valence-electron chi connectivity index (χ1n) is 7.02. The van der Waals surface area contributed by atoms with Crippen molar-refractivity contribution in [2.45, 2.75) is 18.4 Å². The van der Waals surface area contributed by atoms with Crippen LogP contribution in [0.5, 0.6) is 5.75 Å². The first kappa shape index (κ1) is 19.8. The number of β-lactam (4-membered cyclic amide) rings is 1. The van der Waals surface area contributed by atoms with Gasteiger partial charge in [-0.15, -0.1) is 0 Å². The van der Waals surface area contributed by atoms with Crippen LogP contribution in [-0.4, -0.2) is 39.3 Å². The molecule has 1 aromatic rings. The van der Waals surface area contributed by atoms with E-state index in [1.54, 1.807) is 0 Å². The van der Waals surface area contributed by atoms with Crippen LogP contribution in [0.1, 0.15) is 17.3 Å². The number of hydrogen-bond donors (Lipinski definition) is 2. The van der Waals surface area contributed by atoms with Crippen molar-refractivity contribution in [3.05, 3.63) is 40.6 Å². The topological polar surface area (TPSA) is 133 Å². The number of ether oxygens (including phenoxy) is 1. The first-order valence-corrected chi connectivity index (χ1v) is 7.90. The molecule has 3 atom stereocenters. The number of fused-ring (bicyclic) bond motifs is 1. The molecule has 2 heterocycles. The Hall–Kier alpha value is -1.52. The van der Waals surface area contributed by atoms with Gasteiger partial charge < -0.3 is 25.5 Å². The van der Waals surface area contributed by atoms with Crippen LogP contribution in [0.2, 0.25) is 0 Å². The molecule has 0 aromatic heterocycles. The van der Waals surface area contributed by atoms with E-state index in [0.29, 0.717) is 0 Å². The maximum atomic E-state index is 12.0. The standard InChI is InChI=1S/C15H14N2O6S.Na/c1-6(18)9-12(20)17-10(14(21)22)15(24-13(9)17)23-8-4-2-7(3-5-8)11(16)19;/h2-6,9,13,18H,1H3,(H2,16,19)(H,21,22);/q;+1/p-1/t6-,9+,13?;/m1./s1. The average Bonchev–Trinajstić information content (AvgIpc) is 2.81. The average molecular weight is 372 g/mol. The van der Waals surface area contributed by atoms with Crippen molar-refractivity contribution in [2.75, 3.05) is 0 Å². The minimum absolute atomic E-state index is 0. The molecule has 0 bridgehead atoms. The molecule has 10 heteroatoms. The van der Waals surface area contributed by atoms with Gasteiger partial charge in [-0.3, -0.25) is 14.5 Å². The SMILES string of the molecule is C[C@@H](O)[C@H]1C(=O)N2C(C(=O)[O-])=C(Oc3ccc(C(N)=O)cc3)SC12.[Na+]. The van der Waals surface area contributed by atoms with E-state index in [1.807, 2.05) is 0 Å². The van der Waals surface area contributed by atoms with Gasteiger partial charge in [0.1, 0.15) is 16.8 Å². The van der Waals surface area contributed by atoms with Crippen LogP contribution in [0.15, 0.2) is 35.1 Å². The van der Waals surface area contributed by atoms with Crippen LogP contribution in [0, 0.1) is 5.92 Å². The van der Waals surface area contributed by atoms with Gasteiger partial charge in [0.15, 0.2) is 5.09 Å². The van der Waals surface area contributed by atoms with E-state index in [2.05, 4.69) is 0 Å². The molecular formula is C15H13N2NaO6S. The quantitative estimate of drug-likeness (QED) is 0.398. The number of nitrogens with two attached hydrogens (primary N) is 1. The molecule has 3 N–H and O–H groups in total. The van der Waals surface area contributed by atoms with Crippen molar-refractivity contribution in [1.29, 1.82) is 0 Å². The molecule has 2 aliphatic heterocycles. The number of aliphatic hydroxyl groups is 1. The van der Waals surface area contributed by atoms with Gasteiger partial charge in [0.2, 0.25) is 11.8 Å². The Balaban J connectivity index is 0.00000225. The molecule has 1 unspecified atom stereocenters. The van der Waals surface area contributed by atoms with Gasteiger partial charge in [0, 0.05) is 5.56 Å². The summed E-state index contributed by atoms with van der Waals surface area (Å²) in [6, 6.07) is 5.80. The minimum Gasteiger partial charge on any atom is -0.543 e. The van der Waals surface area contributed by atoms with Gasteiger partial charge in [-0.05, 0) is 31.2 Å². The van der Waals surface area contributed by atoms with Crippen LogP contribution in [-0.2, 0) is 9.59 Å². The summed E-state index contributed by atoms with van der Waals surface area (Å²) in [5.41, 5.74) is 5.07. The van der Waals surface area contributed by atoms with Crippen molar-refractivity contribution < 1.29 is 58.9 Å². The number of benzene rings is 1. The number of carboxylic acids is 1. The Morgan fingerprint density at radius 3 is 2.44 bits per heavy atom. The van der Waals surface area contributed by atoms with Crippen molar-refractivity contribution in [3.63, 3.8) is 0 Å². The maximum absolute atomic E-state index is 12.0. The number of aliphatic carboxylic acids is 1. The Morgan fingerprint density at radius 2 is 1.96 bits per heavy atom. The Kier molecular flexibility index (Phi) is 5.85. The van der Waals surface area contributed by atoms with Crippen molar-refractivity contribution >= 4 is 29.5 Å². The molecule has 2 aliphatic rings. The van der Waals surface area contributed by atoms with Crippen LogP contribution < -0.4 is 45.1 Å². The normalized spacial score (nSPS) is 22.6. The summed E-state index contributed by atoms with van der Waals surface area (Å²) in [6.07, 6.45) is -0.900. The fraction of sp³-hybridized carbons (Fsp3) is 0.267. The predicted molar refractivity (Wildman–Crippen MR) is 81.0 cm³/mol. The van der Waals surface area contributed by atoms with Crippen molar-refractivity contribution in [3.8, 4) is 5.75 Å². The van der Waals surface area contributed by atoms with E-state index in [9.17, 15) is 24.6 Å². The predicted octanol–water partition coefficient (Wildman–Crippen LogP) is -4.00. The maximum Gasteiger partial charge on any atom is 1.00 e. The third-order valence-electron chi connectivity index (χ3n) is 3.81. The van der Waals surface area contributed by atoms with Crippen LogP contribution in [0.3, 0.4) is 0 Å². The number of thioether (sulfide) groups is 1. The molecule has 126 valence electrons. The number of rotatable bonds is 5. The summed E-state index contributed by atoms with van der Waals surface area (Å²) in [7, 11) is 0. The van der Waals surface area contributed by atoms with E-state index in [1.165, 1.54) is 31.2 Å². The van der Waals surface area contributed by atoms with E-state index in [-0.39, 0.29) is 51.7 Å². The van der Waals surface area contributed by atoms with E-state index < -0.39 is 35.2 Å². The van der Waals surface area contributed by atoms with Gasteiger partial charge in [-0.25, -0.2) is 0 Å². The molecule has 0 saturated carbocycles. The number of carbonyl (C=O) groups is 3. The van der Waals surface area contributed by atoms with Crippen molar-refractivity contribution in [2.24, 2.45) is 11.7 Å². The second kappa shape index (κ2) is 7.38. The molecule has 2 amide bonds. The fourth-order valence-corrected chi connectivity index (χ4v) is 4.07. The van der Waals surface area contributed by atoms with Crippen LogP contribution >= 0.6 is 11.8 Å². The fourth-order valence-electron chi connectivity index (χ4n) is 2.61. The smallest absolute Gasteiger partial charge is 0.543 e. The summed E-state index contributed by atoms with van der Waals surface area (Å²) in [4.78, 5) is 35.5. The summed E-state index contributed by atoms with van der Waals surface area (Å²) in [5.74, 6) is -3.02. The third-order valence-corrected chi connectivity index (χ3v) is 5.05. The third kappa shape index (κ3) is 3.42. The zero-order valence-electron chi connectivity index (χ0n) is 13.5. The number of amides is 2. The zero-order chi connectivity index (χ0) is 17.6. The molecule has 0 aliphatic carbocycles. The Morgan fingerprint density at radius 1 is 1.36 bits per heavy atom. The molecular weight excluding hydrogens is 359 g/mol. The van der Waals surface area contributed by atoms with Gasteiger partial charge in [0.05, 0.1) is 18.0 Å². The van der Waals surface area contributed by atoms with Gasteiger partial charge in [-0.2, -0.15) is 0 Å². The summed E-state index contributed by atoms with van der Waals surface area (Å²) in [6.45, 7) is 1.47. The summed E-state index contributed by atoms with van der Waals surface area (Å²) < 4.78 is 5.54. The van der Waals surface area contributed by atoms with Gasteiger partial charge in [-0.1, -0.05) is 11.8 Å². The van der Waals surface area contributed by atoms with Crippen LogP contribution in [0.25, 0.3) is 0 Å². The Labute approximate surface area is 169 Å².